The van der Waals surface area contributed by atoms with Gasteiger partial charge in [0.05, 0.1) is 16.3 Å². The number of thiazole rings is 1. The highest BCUT2D eigenvalue weighted by Crippen LogP contribution is 2.29. The smallest absolute Gasteiger partial charge is 0.318 e. The summed E-state index contributed by atoms with van der Waals surface area (Å²) < 4.78 is 1.20. The number of rotatable bonds is 3. The molecule has 142 valence electrons. The molecule has 2 amide bonds. The maximum absolute atomic E-state index is 12.7. The van der Waals surface area contributed by atoms with E-state index in [1.165, 1.54) is 4.70 Å². The van der Waals surface area contributed by atoms with Gasteiger partial charge in [-0.2, -0.15) is 0 Å². The number of nitrogens with one attached hydrogen (secondary N) is 2. The van der Waals surface area contributed by atoms with Crippen molar-refractivity contribution in [1.29, 1.82) is 0 Å². The summed E-state index contributed by atoms with van der Waals surface area (Å²) in [6.07, 6.45) is 2.71. The average molecular weight is 385 g/mol. The van der Waals surface area contributed by atoms with Gasteiger partial charge in [-0.05, 0) is 32.4 Å². The lowest BCUT2D eigenvalue weighted by Gasteiger charge is -2.23. The minimum Gasteiger partial charge on any atom is -0.346 e. The van der Waals surface area contributed by atoms with Crippen LogP contribution < -0.4 is 10.2 Å². The van der Waals surface area contributed by atoms with Crippen molar-refractivity contribution in [2.75, 3.05) is 31.1 Å². The van der Waals surface area contributed by atoms with Crippen LogP contribution in [0.1, 0.15) is 30.9 Å². The fourth-order valence-electron chi connectivity index (χ4n) is 3.30. The van der Waals surface area contributed by atoms with E-state index in [0.29, 0.717) is 6.54 Å². The number of carbonyl (C=O) groups excluding carboxylic acids is 1. The molecule has 3 aromatic rings. The molecule has 1 fully saturated rings. The predicted octanol–water partition coefficient (Wildman–Crippen LogP) is 3.31. The lowest BCUT2D eigenvalue weighted by Crippen LogP contribution is -2.43. The lowest BCUT2D eigenvalue weighted by molar-refractivity contribution is 0.197. The zero-order valence-corrected chi connectivity index (χ0v) is 16.4. The van der Waals surface area contributed by atoms with Crippen molar-refractivity contribution >= 4 is 32.7 Å². The summed E-state index contributed by atoms with van der Waals surface area (Å²) in [7, 11) is 0. The quantitative estimate of drug-likeness (QED) is 0.726. The molecule has 0 saturated carbocycles. The number of anilines is 1. The number of aromatic nitrogens is 3. The molecule has 7 nitrogen and oxygen atoms in total. The van der Waals surface area contributed by atoms with Gasteiger partial charge in [0.2, 0.25) is 0 Å². The summed E-state index contributed by atoms with van der Waals surface area (Å²) in [6, 6.07) is 8.02. The van der Waals surface area contributed by atoms with Crippen LogP contribution in [0.15, 0.2) is 30.5 Å². The van der Waals surface area contributed by atoms with Crippen molar-refractivity contribution in [2.45, 2.75) is 26.3 Å². The molecule has 1 aliphatic heterocycles. The molecular weight excluding hydrogens is 360 g/mol. The van der Waals surface area contributed by atoms with Crippen LogP contribution in [0, 0.1) is 6.92 Å². The second kappa shape index (κ2) is 7.56. The van der Waals surface area contributed by atoms with Gasteiger partial charge in [-0.15, -0.1) is 0 Å². The number of fused-ring (bicyclic) bond motifs is 1. The van der Waals surface area contributed by atoms with E-state index in [-0.39, 0.29) is 12.1 Å². The van der Waals surface area contributed by atoms with Crippen LogP contribution in [-0.2, 0) is 0 Å². The number of urea groups is 1. The van der Waals surface area contributed by atoms with E-state index in [4.69, 9.17) is 4.98 Å². The molecule has 1 atom stereocenters. The van der Waals surface area contributed by atoms with Gasteiger partial charge in [-0.1, -0.05) is 23.5 Å². The molecule has 27 heavy (non-hydrogen) atoms. The maximum atomic E-state index is 12.7. The number of aromatic amines is 1. The monoisotopic (exact) mass is 384 g/mol. The second-order valence-electron chi connectivity index (χ2n) is 6.91. The SMILES string of the molecule is Cc1cnc([C@@H](C)NC(=O)N2CCCN(c3nc4ccccc4s3)CC2)[nH]1. The Morgan fingerprint density at radius 2 is 2.11 bits per heavy atom. The lowest BCUT2D eigenvalue weighted by atomic mass is 10.3. The highest BCUT2D eigenvalue weighted by molar-refractivity contribution is 7.22. The first-order valence-electron chi connectivity index (χ1n) is 9.27. The molecule has 3 heterocycles. The number of para-hydroxylation sites is 1. The molecule has 0 radical (unpaired) electrons. The molecule has 2 aromatic heterocycles. The van der Waals surface area contributed by atoms with Crippen LogP contribution >= 0.6 is 11.3 Å². The number of hydrogen-bond acceptors (Lipinski definition) is 5. The third-order valence-corrected chi connectivity index (χ3v) is 5.91. The van der Waals surface area contributed by atoms with Crippen LogP contribution in [0.5, 0.6) is 0 Å². The molecule has 0 unspecified atom stereocenters. The predicted molar refractivity (Wildman–Crippen MR) is 108 cm³/mol. The standard InChI is InChI=1S/C19H24N6OS/c1-13-12-20-17(21-13)14(2)22-18(26)24-8-5-9-25(11-10-24)19-23-15-6-3-4-7-16(15)27-19/h3-4,6-7,12,14H,5,8-11H2,1-2H3,(H,20,21)(H,22,26)/t14-/m1/s1. The molecule has 1 saturated heterocycles. The van der Waals surface area contributed by atoms with E-state index in [9.17, 15) is 4.79 Å². The van der Waals surface area contributed by atoms with Crippen molar-refractivity contribution in [3.05, 3.63) is 42.0 Å². The minimum atomic E-state index is -0.144. The minimum absolute atomic E-state index is 0.0392. The summed E-state index contributed by atoms with van der Waals surface area (Å²) >= 11 is 1.72. The fraction of sp³-hybridized carbons (Fsp3) is 0.421. The summed E-state index contributed by atoms with van der Waals surface area (Å²) in [4.78, 5) is 29.1. The van der Waals surface area contributed by atoms with Gasteiger partial charge in [-0.25, -0.2) is 14.8 Å². The number of hydrogen-bond donors (Lipinski definition) is 2. The zero-order valence-electron chi connectivity index (χ0n) is 15.6. The molecule has 1 aromatic carbocycles. The Morgan fingerprint density at radius 3 is 2.89 bits per heavy atom. The molecule has 0 aliphatic carbocycles. The van der Waals surface area contributed by atoms with Crippen molar-refractivity contribution in [3.63, 3.8) is 0 Å². The van der Waals surface area contributed by atoms with Crippen LogP contribution in [-0.4, -0.2) is 52.1 Å². The van der Waals surface area contributed by atoms with Gasteiger partial charge in [0.25, 0.3) is 0 Å². The Morgan fingerprint density at radius 1 is 1.26 bits per heavy atom. The van der Waals surface area contributed by atoms with Crippen LogP contribution in [0.25, 0.3) is 10.2 Å². The van der Waals surface area contributed by atoms with Gasteiger partial charge in [0.15, 0.2) is 5.13 Å². The van der Waals surface area contributed by atoms with Crippen LogP contribution in [0.2, 0.25) is 0 Å². The third-order valence-electron chi connectivity index (χ3n) is 4.81. The number of amides is 2. The molecule has 0 bridgehead atoms. The van der Waals surface area contributed by atoms with Crippen molar-refractivity contribution in [2.24, 2.45) is 0 Å². The van der Waals surface area contributed by atoms with Crippen molar-refractivity contribution < 1.29 is 4.79 Å². The number of H-pyrrole nitrogens is 1. The Balaban J connectivity index is 1.38. The van der Waals surface area contributed by atoms with E-state index in [2.05, 4.69) is 26.3 Å². The van der Waals surface area contributed by atoms with Gasteiger partial charge >= 0.3 is 6.03 Å². The van der Waals surface area contributed by atoms with E-state index in [1.807, 2.05) is 36.9 Å². The molecule has 4 rings (SSSR count). The molecule has 0 spiro atoms. The largest absolute Gasteiger partial charge is 0.346 e. The molecular formula is C19H24N6OS. The highest BCUT2D eigenvalue weighted by Gasteiger charge is 2.22. The first-order chi connectivity index (χ1) is 13.1. The van der Waals surface area contributed by atoms with E-state index in [1.54, 1.807) is 17.5 Å². The number of benzene rings is 1. The summed E-state index contributed by atoms with van der Waals surface area (Å²) in [5.74, 6) is 0.784. The van der Waals surface area contributed by atoms with Gasteiger partial charge in [-0.3, -0.25) is 0 Å². The van der Waals surface area contributed by atoms with E-state index in [0.717, 1.165) is 48.2 Å². The molecule has 8 heteroatoms. The summed E-state index contributed by atoms with van der Waals surface area (Å²) in [6.45, 7) is 7.04. The van der Waals surface area contributed by atoms with Crippen LogP contribution in [0.4, 0.5) is 9.93 Å². The fourth-order valence-corrected chi connectivity index (χ4v) is 4.32. The summed E-state index contributed by atoms with van der Waals surface area (Å²) in [5, 5.41) is 4.08. The Bertz CT molecular complexity index is 902. The number of carbonyl (C=O) groups is 1. The number of nitrogens with zero attached hydrogens (tertiary/aromatic N) is 4. The maximum Gasteiger partial charge on any atom is 0.318 e. The van der Waals surface area contributed by atoms with E-state index < -0.39 is 0 Å². The first kappa shape index (κ1) is 17.8. The van der Waals surface area contributed by atoms with Gasteiger partial charge < -0.3 is 20.1 Å². The summed E-state index contributed by atoms with van der Waals surface area (Å²) in [5.41, 5.74) is 2.03. The Kier molecular flexibility index (Phi) is 4.98. The third kappa shape index (κ3) is 3.90. The average Bonchev–Trinajstić information content (AvgIpc) is 3.20. The van der Waals surface area contributed by atoms with Crippen molar-refractivity contribution in [1.82, 2.24) is 25.2 Å². The molecule has 1 aliphatic rings. The Labute approximate surface area is 162 Å². The van der Waals surface area contributed by atoms with Crippen molar-refractivity contribution in [3.8, 4) is 0 Å². The van der Waals surface area contributed by atoms with Crippen LogP contribution in [0.3, 0.4) is 0 Å². The van der Waals surface area contributed by atoms with Gasteiger partial charge in [0, 0.05) is 38.1 Å². The second-order valence-corrected chi connectivity index (χ2v) is 7.92. The zero-order chi connectivity index (χ0) is 18.8. The van der Waals surface area contributed by atoms with Gasteiger partial charge in [0.1, 0.15) is 5.82 Å². The highest BCUT2D eigenvalue weighted by atomic mass is 32.1. The molecule has 2 N–H and O–H groups in total. The van der Waals surface area contributed by atoms with E-state index >= 15 is 0 Å². The number of imidazole rings is 1. The topological polar surface area (TPSA) is 77.2 Å². The Hall–Kier alpha value is -2.61. The normalized spacial score (nSPS) is 16.4. The first-order valence-corrected chi connectivity index (χ1v) is 10.1. The number of aryl methyl sites for hydroxylation is 1.